The Morgan fingerprint density at radius 3 is 2.79 bits per heavy atom. The van der Waals surface area contributed by atoms with E-state index >= 15 is 0 Å². The molecular formula is C20H28N4O3Si. The van der Waals surface area contributed by atoms with Crippen LogP contribution in [-0.4, -0.2) is 31.1 Å². The van der Waals surface area contributed by atoms with Crippen molar-refractivity contribution < 1.29 is 14.0 Å². The van der Waals surface area contributed by atoms with Gasteiger partial charge < -0.3 is 19.4 Å². The van der Waals surface area contributed by atoms with Gasteiger partial charge in [0, 0.05) is 25.0 Å². The number of carbonyl (C=O) groups excluding carboxylic acids is 1. The summed E-state index contributed by atoms with van der Waals surface area (Å²) in [6.45, 7) is 11.0. The molecule has 1 aromatic carbocycles. The van der Waals surface area contributed by atoms with Gasteiger partial charge in [0.2, 0.25) is 5.91 Å². The maximum absolute atomic E-state index is 12.4. The van der Waals surface area contributed by atoms with Crippen molar-refractivity contribution in [3.63, 3.8) is 0 Å². The molecule has 0 spiro atoms. The smallest absolute Gasteiger partial charge is 0.250 e. The van der Waals surface area contributed by atoms with Gasteiger partial charge in [0.1, 0.15) is 18.6 Å². The van der Waals surface area contributed by atoms with E-state index < -0.39 is 8.32 Å². The number of carbonyl (C=O) groups is 1. The minimum Gasteiger partial charge on any atom is -0.541 e. The fourth-order valence-corrected chi connectivity index (χ4v) is 3.53. The molecule has 1 aliphatic heterocycles. The van der Waals surface area contributed by atoms with Crippen LogP contribution >= 0.6 is 0 Å². The highest BCUT2D eigenvalue weighted by Crippen LogP contribution is 2.37. The molecule has 0 unspecified atom stereocenters. The summed E-state index contributed by atoms with van der Waals surface area (Å²) in [5, 5.41) is 7.24. The number of hydrogen-bond donors (Lipinski definition) is 1. The van der Waals surface area contributed by atoms with Gasteiger partial charge in [0.05, 0.1) is 18.1 Å². The molecule has 2 aromatic rings. The second-order valence-electron chi connectivity index (χ2n) is 8.48. The van der Waals surface area contributed by atoms with Gasteiger partial charge in [0.15, 0.2) is 5.75 Å². The van der Waals surface area contributed by atoms with Crippen LogP contribution < -0.4 is 19.4 Å². The average molecular weight is 401 g/mol. The van der Waals surface area contributed by atoms with Gasteiger partial charge in [-0.05, 0) is 30.3 Å². The Labute approximate surface area is 167 Å². The van der Waals surface area contributed by atoms with Crippen LogP contribution in [0.5, 0.6) is 11.5 Å². The molecule has 1 N–H and O–H groups in total. The van der Waals surface area contributed by atoms with Crippen molar-refractivity contribution in [2.75, 3.05) is 17.3 Å². The summed E-state index contributed by atoms with van der Waals surface area (Å²) in [5.74, 6) is 1.24. The molecular weight excluding hydrogens is 372 g/mol. The van der Waals surface area contributed by atoms with Gasteiger partial charge in [-0.1, -0.05) is 20.8 Å². The third-order valence-electron chi connectivity index (χ3n) is 5.20. The first kappa shape index (κ1) is 20.0. The Kier molecular flexibility index (Phi) is 5.25. The zero-order valence-corrected chi connectivity index (χ0v) is 18.3. The molecule has 0 saturated carbocycles. The second-order valence-corrected chi connectivity index (χ2v) is 13.2. The predicted molar refractivity (Wildman–Crippen MR) is 113 cm³/mol. The van der Waals surface area contributed by atoms with Crippen LogP contribution in [0.25, 0.3) is 0 Å². The SMILES string of the molecule is CN1C=COc2cc(NC(=O)Cn3cc(O[Si](C)(C)C(C)(C)C)cn3)ccc21. The molecule has 0 aliphatic carbocycles. The van der Waals surface area contributed by atoms with Crippen molar-refractivity contribution in [2.24, 2.45) is 0 Å². The van der Waals surface area contributed by atoms with Crippen molar-refractivity contribution in [3.8, 4) is 11.5 Å². The largest absolute Gasteiger partial charge is 0.541 e. The number of benzene rings is 1. The molecule has 2 heterocycles. The number of hydrogen-bond acceptors (Lipinski definition) is 5. The highest BCUT2D eigenvalue weighted by atomic mass is 28.4. The number of rotatable bonds is 5. The van der Waals surface area contributed by atoms with Crippen molar-refractivity contribution in [1.82, 2.24) is 9.78 Å². The third-order valence-corrected chi connectivity index (χ3v) is 9.56. The monoisotopic (exact) mass is 400 g/mol. The molecule has 1 aliphatic rings. The standard InChI is InChI=1S/C20H28N4O3Si/c1-20(2,3)28(5,6)27-16-12-21-24(13-16)14-19(25)22-15-7-8-17-18(11-15)26-10-9-23(17)4/h7-13H,14H2,1-6H3,(H,22,25). The van der Waals surface area contributed by atoms with E-state index in [1.165, 1.54) is 0 Å². The van der Waals surface area contributed by atoms with Crippen molar-refractivity contribution in [3.05, 3.63) is 43.1 Å². The third kappa shape index (κ3) is 4.39. The maximum Gasteiger partial charge on any atom is 0.250 e. The summed E-state index contributed by atoms with van der Waals surface area (Å²) in [6.07, 6.45) is 6.89. The minimum atomic E-state index is -1.93. The minimum absolute atomic E-state index is 0.101. The summed E-state index contributed by atoms with van der Waals surface area (Å²) in [7, 11) is 0.0114. The number of aromatic nitrogens is 2. The molecule has 1 amide bonds. The molecule has 0 bridgehead atoms. The molecule has 0 fully saturated rings. The van der Waals surface area contributed by atoms with E-state index in [0.29, 0.717) is 17.2 Å². The van der Waals surface area contributed by atoms with Crippen LogP contribution in [-0.2, 0) is 11.3 Å². The number of nitrogens with zero attached hydrogens (tertiary/aromatic N) is 3. The Bertz CT molecular complexity index is 899. The lowest BCUT2D eigenvalue weighted by Gasteiger charge is -2.35. The number of ether oxygens (including phenoxy) is 1. The Hall–Kier alpha value is -2.74. The maximum atomic E-state index is 12.4. The highest BCUT2D eigenvalue weighted by molar-refractivity contribution is 6.74. The normalized spacial score (nSPS) is 13.7. The van der Waals surface area contributed by atoms with Gasteiger partial charge >= 0.3 is 0 Å². The van der Waals surface area contributed by atoms with E-state index in [-0.39, 0.29) is 17.5 Å². The van der Waals surface area contributed by atoms with E-state index in [9.17, 15) is 4.79 Å². The van der Waals surface area contributed by atoms with Crippen LogP contribution in [0.1, 0.15) is 20.8 Å². The first-order valence-corrected chi connectivity index (χ1v) is 12.2. The lowest BCUT2D eigenvalue weighted by atomic mass is 10.2. The Morgan fingerprint density at radius 2 is 2.07 bits per heavy atom. The summed E-state index contributed by atoms with van der Waals surface area (Å²) < 4.78 is 13.3. The highest BCUT2D eigenvalue weighted by Gasteiger charge is 2.39. The molecule has 1 aromatic heterocycles. The molecule has 0 saturated heterocycles. The Balaban J connectivity index is 1.61. The zero-order chi connectivity index (χ0) is 20.5. The fraction of sp³-hybridized carbons (Fsp3) is 0.400. The molecule has 8 heteroatoms. The molecule has 0 atom stereocenters. The summed E-state index contributed by atoms with van der Waals surface area (Å²) in [6, 6.07) is 5.57. The molecule has 28 heavy (non-hydrogen) atoms. The van der Waals surface area contributed by atoms with E-state index in [0.717, 1.165) is 5.69 Å². The van der Waals surface area contributed by atoms with E-state index in [1.807, 2.05) is 36.3 Å². The molecule has 0 radical (unpaired) electrons. The van der Waals surface area contributed by atoms with Crippen LogP contribution in [0.3, 0.4) is 0 Å². The van der Waals surface area contributed by atoms with Crippen molar-refractivity contribution in [1.29, 1.82) is 0 Å². The van der Waals surface area contributed by atoms with E-state index in [4.69, 9.17) is 9.16 Å². The van der Waals surface area contributed by atoms with Gasteiger partial charge in [-0.25, -0.2) is 0 Å². The van der Waals surface area contributed by atoms with E-state index in [1.54, 1.807) is 23.3 Å². The van der Waals surface area contributed by atoms with Crippen LogP contribution in [0.4, 0.5) is 11.4 Å². The number of fused-ring (bicyclic) bond motifs is 1. The van der Waals surface area contributed by atoms with Gasteiger partial charge in [-0.2, -0.15) is 5.10 Å². The zero-order valence-electron chi connectivity index (χ0n) is 17.3. The van der Waals surface area contributed by atoms with Crippen LogP contribution in [0, 0.1) is 0 Å². The number of nitrogens with one attached hydrogen (secondary N) is 1. The van der Waals surface area contributed by atoms with Crippen molar-refractivity contribution in [2.45, 2.75) is 45.4 Å². The Morgan fingerprint density at radius 1 is 1.32 bits per heavy atom. The first-order valence-electron chi connectivity index (χ1n) is 9.27. The first-order chi connectivity index (χ1) is 13.0. The molecule has 7 nitrogen and oxygen atoms in total. The van der Waals surface area contributed by atoms with Crippen molar-refractivity contribution >= 4 is 25.6 Å². The molecule has 3 rings (SSSR count). The fourth-order valence-electron chi connectivity index (χ4n) is 2.53. The number of anilines is 2. The lowest BCUT2D eigenvalue weighted by molar-refractivity contribution is -0.116. The molecule has 150 valence electrons. The van der Waals surface area contributed by atoms with Gasteiger partial charge in [-0.15, -0.1) is 0 Å². The summed E-state index contributed by atoms with van der Waals surface area (Å²) in [5.41, 5.74) is 1.62. The predicted octanol–water partition coefficient (Wildman–Crippen LogP) is 4.21. The summed E-state index contributed by atoms with van der Waals surface area (Å²) >= 11 is 0. The number of amides is 1. The van der Waals surface area contributed by atoms with E-state index in [2.05, 4.69) is 44.3 Å². The van der Waals surface area contributed by atoms with Gasteiger partial charge in [0.25, 0.3) is 8.32 Å². The van der Waals surface area contributed by atoms with Gasteiger partial charge in [-0.3, -0.25) is 9.48 Å². The van der Waals surface area contributed by atoms with Crippen LogP contribution in [0.15, 0.2) is 43.1 Å². The second kappa shape index (κ2) is 7.35. The average Bonchev–Trinajstić information content (AvgIpc) is 3.00. The van der Waals surface area contributed by atoms with Crippen LogP contribution in [0.2, 0.25) is 18.1 Å². The lowest BCUT2D eigenvalue weighted by Crippen LogP contribution is -2.43. The topological polar surface area (TPSA) is 68.6 Å². The summed E-state index contributed by atoms with van der Waals surface area (Å²) in [4.78, 5) is 14.4. The quantitative estimate of drug-likeness (QED) is 0.762.